The van der Waals surface area contributed by atoms with E-state index in [1.807, 2.05) is 38.1 Å². The molecule has 116 valence electrons. The summed E-state index contributed by atoms with van der Waals surface area (Å²) in [6, 6.07) is 7.27. The molecule has 0 amide bonds. The summed E-state index contributed by atoms with van der Waals surface area (Å²) in [4.78, 5) is 18.9. The molecule has 0 radical (unpaired) electrons. The van der Waals surface area contributed by atoms with Gasteiger partial charge in [-0.1, -0.05) is 23.7 Å². The molecular formula is C16H17ClN2O2S. The molecule has 0 saturated carbocycles. The molecule has 0 atom stereocenters. The molecule has 2 aromatic rings. The number of carbonyl (C=O) groups is 1. The van der Waals surface area contributed by atoms with Gasteiger partial charge >= 0.3 is 0 Å². The maximum Gasteiger partial charge on any atom is 0.199 e. The number of ketones is 1. The lowest BCUT2D eigenvalue weighted by Crippen LogP contribution is -2.02. The maximum atomic E-state index is 12.1. The fourth-order valence-corrected chi connectivity index (χ4v) is 2.82. The summed E-state index contributed by atoms with van der Waals surface area (Å²) < 4.78 is 5.65. The largest absolute Gasteiger partial charge is 0.485 e. The van der Waals surface area contributed by atoms with Gasteiger partial charge in [0.05, 0.1) is 15.6 Å². The van der Waals surface area contributed by atoms with E-state index in [-0.39, 0.29) is 5.78 Å². The standard InChI is InChI=1S/C16H17ClN2O2S/c1-11-16(13(20)8-9-19(2)3)22-15(18-11)10-21-14-7-5-4-6-12(14)17/h4-9H,10H2,1-3H3. The van der Waals surface area contributed by atoms with Crippen molar-refractivity contribution >= 4 is 28.7 Å². The second-order valence-corrected chi connectivity index (χ2v) is 6.38. The molecule has 4 nitrogen and oxygen atoms in total. The van der Waals surface area contributed by atoms with Crippen molar-refractivity contribution in [2.75, 3.05) is 14.1 Å². The number of hydrogen-bond donors (Lipinski definition) is 0. The van der Waals surface area contributed by atoms with Crippen LogP contribution in [0.4, 0.5) is 0 Å². The number of halogens is 1. The lowest BCUT2D eigenvalue weighted by atomic mass is 10.3. The topological polar surface area (TPSA) is 42.4 Å². The van der Waals surface area contributed by atoms with Crippen LogP contribution < -0.4 is 4.74 Å². The average molecular weight is 337 g/mol. The molecule has 0 unspecified atom stereocenters. The van der Waals surface area contributed by atoms with Crippen molar-refractivity contribution in [1.29, 1.82) is 0 Å². The van der Waals surface area contributed by atoms with Crippen molar-refractivity contribution in [2.45, 2.75) is 13.5 Å². The van der Waals surface area contributed by atoms with Crippen LogP contribution in [-0.2, 0) is 6.61 Å². The molecule has 0 aliphatic carbocycles. The van der Waals surface area contributed by atoms with Crippen LogP contribution in [0.3, 0.4) is 0 Å². The van der Waals surface area contributed by atoms with Gasteiger partial charge in [-0.3, -0.25) is 4.79 Å². The predicted molar refractivity (Wildman–Crippen MR) is 89.8 cm³/mol. The van der Waals surface area contributed by atoms with Crippen molar-refractivity contribution in [3.05, 3.63) is 57.1 Å². The summed E-state index contributed by atoms with van der Waals surface area (Å²) in [6.45, 7) is 2.12. The van der Waals surface area contributed by atoms with Gasteiger partial charge in [0.25, 0.3) is 0 Å². The second-order valence-electron chi connectivity index (χ2n) is 4.88. The zero-order valence-electron chi connectivity index (χ0n) is 12.7. The molecule has 2 rings (SSSR count). The van der Waals surface area contributed by atoms with E-state index in [1.165, 1.54) is 11.3 Å². The number of allylic oxidation sites excluding steroid dienone is 1. The quantitative estimate of drug-likeness (QED) is 0.592. The van der Waals surface area contributed by atoms with Crippen LogP contribution in [0.25, 0.3) is 0 Å². The van der Waals surface area contributed by atoms with Gasteiger partial charge in [-0.15, -0.1) is 11.3 Å². The summed E-state index contributed by atoms with van der Waals surface area (Å²) in [7, 11) is 3.73. The first-order valence-corrected chi connectivity index (χ1v) is 7.89. The monoisotopic (exact) mass is 336 g/mol. The molecular weight excluding hydrogens is 320 g/mol. The zero-order chi connectivity index (χ0) is 16.1. The number of aryl methyl sites for hydroxylation is 1. The van der Waals surface area contributed by atoms with Crippen molar-refractivity contribution < 1.29 is 9.53 Å². The van der Waals surface area contributed by atoms with Crippen LogP contribution in [0.15, 0.2) is 36.5 Å². The van der Waals surface area contributed by atoms with Crippen molar-refractivity contribution in [3.63, 3.8) is 0 Å². The molecule has 1 aromatic heterocycles. The van der Waals surface area contributed by atoms with Crippen molar-refractivity contribution in [3.8, 4) is 5.75 Å². The molecule has 0 aliphatic heterocycles. The SMILES string of the molecule is Cc1nc(COc2ccccc2Cl)sc1C(=O)C=CN(C)C. The number of aromatic nitrogens is 1. The minimum Gasteiger partial charge on any atom is -0.485 e. The Balaban J connectivity index is 2.07. The van der Waals surface area contributed by atoms with Crippen LogP contribution >= 0.6 is 22.9 Å². The number of rotatable bonds is 6. The molecule has 0 spiro atoms. The Labute approximate surface area is 139 Å². The second kappa shape index (κ2) is 7.42. The summed E-state index contributed by atoms with van der Waals surface area (Å²) in [5, 5.41) is 1.31. The number of carbonyl (C=O) groups excluding carboxylic acids is 1. The van der Waals surface area contributed by atoms with Crippen LogP contribution in [0.5, 0.6) is 5.75 Å². The Bertz CT molecular complexity index is 695. The molecule has 6 heteroatoms. The lowest BCUT2D eigenvalue weighted by Gasteiger charge is -2.05. The van der Waals surface area contributed by atoms with Gasteiger partial charge < -0.3 is 9.64 Å². The summed E-state index contributed by atoms with van der Waals surface area (Å²) in [6.07, 6.45) is 3.26. The molecule has 22 heavy (non-hydrogen) atoms. The number of benzene rings is 1. The number of ether oxygens (including phenoxy) is 1. The van der Waals surface area contributed by atoms with Crippen LogP contribution in [0.2, 0.25) is 5.02 Å². The third-order valence-electron chi connectivity index (χ3n) is 2.78. The highest BCUT2D eigenvalue weighted by Gasteiger charge is 2.14. The first-order valence-electron chi connectivity index (χ1n) is 6.70. The lowest BCUT2D eigenvalue weighted by molar-refractivity contribution is 0.104. The van der Waals surface area contributed by atoms with Crippen LogP contribution in [0.1, 0.15) is 20.4 Å². The highest BCUT2D eigenvalue weighted by Crippen LogP contribution is 2.26. The fourth-order valence-electron chi connectivity index (χ4n) is 1.74. The summed E-state index contributed by atoms with van der Waals surface area (Å²) in [5.41, 5.74) is 0.719. The first kappa shape index (κ1) is 16.5. The summed E-state index contributed by atoms with van der Waals surface area (Å²) in [5.74, 6) is 0.560. The van der Waals surface area contributed by atoms with E-state index in [9.17, 15) is 4.79 Å². The van der Waals surface area contributed by atoms with Crippen molar-refractivity contribution in [2.24, 2.45) is 0 Å². The fraction of sp³-hybridized carbons (Fsp3) is 0.250. The van der Waals surface area contributed by atoms with Gasteiger partial charge in [-0.2, -0.15) is 0 Å². The Hall–Kier alpha value is -1.85. The van der Waals surface area contributed by atoms with E-state index < -0.39 is 0 Å². The molecule has 1 aromatic carbocycles. The Morgan fingerprint density at radius 1 is 1.41 bits per heavy atom. The van der Waals surface area contributed by atoms with E-state index in [2.05, 4.69) is 4.98 Å². The third-order valence-corrected chi connectivity index (χ3v) is 4.23. The summed E-state index contributed by atoms with van der Waals surface area (Å²) >= 11 is 7.38. The number of hydrogen-bond acceptors (Lipinski definition) is 5. The van der Waals surface area contributed by atoms with E-state index in [0.29, 0.717) is 22.3 Å². The van der Waals surface area contributed by atoms with E-state index >= 15 is 0 Å². The highest BCUT2D eigenvalue weighted by molar-refractivity contribution is 7.14. The Kier molecular flexibility index (Phi) is 5.57. The van der Waals surface area contributed by atoms with E-state index in [1.54, 1.807) is 24.4 Å². The van der Waals surface area contributed by atoms with Gasteiger partial charge in [0.15, 0.2) is 5.78 Å². The molecule has 0 saturated heterocycles. The first-order chi connectivity index (χ1) is 10.5. The molecule has 1 heterocycles. The molecule has 0 bridgehead atoms. The Morgan fingerprint density at radius 2 is 2.14 bits per heavy atom. The maximum absolute atomic E-state index is 12.1. The third kappa shape index (κ3) is 4.32. The van der Waals surface area contributed by atoms with Gasteiger partial charge in [0.2, 0.25) is 0 Å². The van der Waals surface area contributed by atoms with Gasteiger partial charge in [0.1, 0.15) is 17.4 Å². The number of thiazole rings is 1. The molecule has 0 fully saturated rings. The van der Waals surface area contributed by atoms with Crippen LogP contribution in [-0.4, -0.2) is 29.8 Å². The average Bonchev–Trinajstić information content (AvgIpc) is 2.85. The van der Waals surface area contributed by atoms with Gasteiger partial charge in [0, 0.05) is 26.4 Å². The molecule has 0 aliphatic rings. The van der Waals surface area contributed by atoms with Gasteiger partial charge in [-0.05, 0) is 19.1 Å². The minimum absolute atomic E-state index is 0.0484. The number of para-hydroxylation sites is 1. The van der Waals surface area contributed by atoms with E-state index in [4.69, 9.17) is 16.3 Å². The van der Waals surface area contributed by atoms with Gasteiger partial charge in [-0.25, -0.2) is 4.98 Å². The highest BCUT2D eigenvalue weighted by atomic mass is 35.5. The van der Waals surface area contributed by atoms with Crippen LogP contribution in [0, 0.1) is 6.92 Å². The Morgan fingerprint density at radius 3 is 2.82 bits per heavy atom. The number of nitrogens with zero attached hydrogens (tertiary/aromatic N) is 2. The smallest absolute Gasteiger partial charge is 0.199 e. The molecule has 0 N–H and O–H groups in total. The van der Waals surface area contributed by atoms with E-state index in [0.717, 1.165) is 10.7 Å². The zero-order valence-corrected chi connectivity index (χ0v) is 14.2. The predicted octanol–water partition coefficient (Wildman–Crippen LogP) is 3.94. The normalized spacial score (nSPS) is 10.9. The minimum atomic E-state index is -0.0484. The van der Waals surface area contributed by atoms with Crippen molar-refractivity contribution in [1.82, 2.24) is 9.88 Å².